The number of hydrogen-bond donors (Lipinski definition) is 1. The molecule has 1 saturated carbocycles. The van der Waals surface area contributed by atoms with Gasteiger partial charge in [-0.25, -0.2) is 0 Å². The van der Waals surface area contributed by atoms with Gasteiger partial charge in [-0.05, 0) is 36.3 Å². The molecule has 0 aromatic heterocycles. The van der Waals surface area contributed by atoms with Crippen LogP contribution in [-0.4, -0.2) is 26.2 Å². The van der Waals surface area contributed by atoms with E-state index in [9.17, 15) is 4.79 Å². The highest BCUT2D eigenvalue weighted by Crippen LogP contribution is 2.38. The molecule has 1 aliphatic rings. The number of benzene rings is 1. The molecule has 2 atom stereocenters. The van der Waals surface area contributed by atoms with Crippen molar-refractivity contribution >= 4 is 5.91 Å². The predicted octanol–water partition coefficient (Wildman–Crippen LogP) is 4.04. The van der Waals surface area contributed by atoms with Crippen LogP contribution in [0.2, 0.25) is 0 Å². The highest BCUT2D eigenvalue weighted by molar-refractivity contribution is 5.95. The SMILES string of the molecule is COc1cc(OC)cc(C(=O)NC2CCCCC2C(C)(C)C)c1. The third-order valence-electron chi connectivity index (χ3n) is 4.81. The summed E-state index contributed by atoms with van der Waals surface area (Å²) in [5.41, 5.74) is 0.782. The molecule has 1 N–H and O–H groups in total. The molecule has 0 spiro atoms. The van der Waals surface area contributed by atoms with E-state index in [-0.39, 0.29) is 17.4 Å². The van der Waals surface area contributed by atoms with E-state index in [2.05, 4.69) is 26.1 Å². The van der Waals surface area contributed by atoms with Crippen molar-refractivity contribution in [1.82, 2.24) is 5.32 Å². The van der Waals surface area contributed by atoms with E-state index in [4.69, 9.17) is 9.47 Å². The van der Waals surface area contributed by atoms with Crippen LogP contribution in [0.15, 0.2) is 18.2 Å². The molecule has 1 aromatic rings. The number of carbonyl (C=O) groups is 1. The number of rotatable bonds is 4. The third-order valence-corrected chi connectivity index (χ3v) is 4.81. The van der Waals surface area contributed by atoms with Gasteiger partial charge in [-0.15, -0.1) is 0 Å². The van der Waals surface area contributed by atoms with Crippen molar-refractivity contribution in [3.05, 3.63) is 23.8 Å². The van der Waals surface area contributed by atoms with E-state index in [1.807, 2.05) is 0 Å². The number of carbonyl (C=O) groups excluding carboxylic acids is 1. The smallest absolute Gasteiger partial charge is 0.251 e. The molecule has 1 aliphatic carbocycles. The van der Waals surface area contributed by atoms with Gasteiger partial charge in [0.2, 0.25) is 0 Å². The van der Waals surface area contributed by atoms with Crippen LogP contribution in [0.25, 0.3) is 0 Å². The maximum atomic E-state index is 12.7. The van der Waals surface area contributed by atoms with Crippen LogP contribution in [0.3, 0.4) is 0 Å². The summed E-state index contributed by atoms with van der Waals surface area (Å²) in [5.74, 6) is 1.71. The molecule has 1 fully saturated rings. The van der Waals surface area contributed by atoms with Gasteiger partial charge in [0.15, 0.2) is 0 Å². The van der Waals surface area contributed by atoms with Gasteiger partial charge >= 0.3 is 0 Å². The fourth-order valence-corrected chi connectivity index (χ4v) is 3.53. The normalized spacial score (nSPS) is 21.6. The van der Waals surface area contributed by atoms with Crippen molar-refractivity contribution in [2.24, 2.45) is 11.3 Å². The van der Waals surface area contributed by atoms with Gasteiger partial charge in [0, 0.05) is 17.7 Å². The summed E-state index contributed by atoms with van der Waals surface area (Å²) in [7, 11) is 3.18. The quantitative estimate of drug-likeness (QED) is 0.911. The van der Waals surface area contributed by atoms with Crippen molar-refractivity contribution in [1.29, 1.82) is 0 Å². The van der Waals surface area contributed by atoms with Gasteiger partial charge in [-0.2, -0.15) is 0 Å². The number of hydrogen-bond acceptors (Lipinski definition) is 3. The van der Waals surface area contributed by atoms with Gasteiger partial charge in [0.25, 0.3) is 5.91 Å². The van der Waals surface area contributed by atoms with Gasteiger partial charge < -0.3 is 14.8 Å². The Kier molecular flexibility index (Phi) is 5.55. The number of nitrogens with one attached hydrogen (secondary N) is 1. The summed E-state index contributed by atoms with van der Waals surface area (Å²) < 4.78 is 10.5. The molecule has 0 radical (unpaired) electrons. The van der Waals surface area contributed by atoms with Crippen molar-refractivity contribution < 1.29 is 14.3 Å². The zero-order valence-corrected chi connectivity index (χ0v) is 14.9. The molecule has 23 heavy (non-hydrogen) atoms. The van der Waals surface area contributed by atoms with Gasteiger partial charge in [-0.3, -0.25) is 4.79 Å². The highest BCUT2D eigenvalue weighted by atomic mass is 16.5. The molecule has 4 heteroatoms. The summed E-state index contributed by atoms with van der Waals surface area (Å²) in [4.78, 5) is 12.7. The lowest BCUT2D eigenvalue weighted by Gasteiger charge is -2.40. The van der Waals surface area contributed by atoms with Crippen LogP contribution in [0.4, 0.5) is 0 Å². The van der Waals surface area contributed by atoms with E-state index in [1.54, 1.807) is 32.4 Å². The molecule has 1 amide bonds. The minimum absolute atomic E-state index is 0.0525. The first kappa shape index (κ1) is 17.6. The minimum Gasteiger partial charge on any atom is -0.497 e. The fourth-order valence-electron chi connectivity index (χ4n) is 3.53. The Bertz CT molecular complexity index is 526. The molecule has 2 rings (SSSR count). The monoisotopic (exact) mass is 319 g/mol. The van der Waals surface area contributed by atoms with Gasteiger partial charge in [0.1, 0.15) is 11.5 Å². The first-order valence-electron chi connectivity index (χ1n) is 8.39. The lowest BCUT2D eigenvalue weighted by atomic mass is 9.69. The fraction of sp³-hybridized carbons (Fsp3) is 0.632. The van der Waals surface area contributed by atoms with E-state index >= 15 is 0 Å². The Morgan fingerprint density at radius 2 is 1.61 bits per heavy atom. The molecule has 1 aromatic carbocycles. The summed E-state index contributed by atoms with van der Waals surface area (Å²) in [6, 6.07) is 5.52. The molecule has 0 saturated heterocycles. The highest BCUT2D eigenvalue weighted by Gasteiger charge is 2.35. The third kappa shape index (κ3) is 4.40. The Balaban J connectivity index is 2.17. The average molecular weight is 319 g/mol. The Hall–Kier alpha value is -1.71. The minimum atomic E-state index is -0.0525. The Morgan fingerprint density at radius 3 is 2.13 bits per heavy atom. The van der Waals surface area contributed by atoms with E-state index in [0.717, 1.165) is 6.42 Å². The summed E-state index contributed by atoms with van der Waals surface area (Å²) in [5, 5.41) is 3.24. The standard InChI is InChI=1S/C19H29NO3/c1-19(2,3)16-8-6-7-9-17(16)20-18(21)13-10-14(22-4)12-15(11-13)23-5/h10-12,16-17H,6-9H2,1-5H3,(H,20,21). The van der Waals surface area contributed by atoms with Crippen LogP contribution in [0.5, 0.6) is 11.5 Å². The summed E-state index contributed by atoms with van der Waals surface area (Å²) >= 11 is 0. The zero-order chi connectivity index (χ0) is 17.0. The Labute approximate surface area is 139 Å². The summed E-state index contributed by atoms with van der Waals surface area (Å²) in [6.07, 6.45) is 4.66. The zero-order valence-electron chi connectivity index (χ0n) is 14.9. The molecule has 4 nitrogen and oxygen atoms in total. The van der Waals surface area contributed by atoms with Crippen molar-refractivity contribution in [2.75, 3.05) is 14.2 Å². The first-order valence-corrected chi connectivity index (χ1v) is 8.39. The van der Waals surface area contributed by atoms with Crippen molar-refractivity contribution in [3.8, 4) is 11.5 Å². The van der Waals surface area contributed by atoms with Crippen molar-refractivity contribution in [2.45, 2.75) is 52.5 Å². The first-order chi connectivity index (χ1) is 10.8. The molecule has 128 valence electrons. The van der Waals surface area contributed by atoms with Crippen molar-refractivity contribution in [3.63, 3.8) is 0 Å². The number of ether oxygens (including phenoxy) is 2. The van der Waals surface area contributed by atoms with Gasteiger partial charge in [-0.1, -0.05) is 33.6 Å². The maximum absolute atomic E-state index is 12.7. The lowest BCUT2D eigenvalue weighted by molar-refractivity contribution is 0.0829. The second-order valence-corrected chi connectivity index (χ2v) is 7.44. The lowest BCUT2D eigenvalue weighted by Crippen LogP contribution is -2.46. The van der Waals surface area contributed by atoms with E-state index in [1.165, 1.54) is 19.3 Å². The molecule has 0 heterocycles. The van der Waals surface area contributed by atoms with Gasteiger partial charge in [0.05, 0.1) is 14.2 Å². The topological polar surface area (TPSA) is 47.6 Å². The Morgan fingerprint density at radius 1 is 1.04 bits per heavy atom. The summed E-state index contributed by atoms with van der Waals surface area (Å²) in [6.45, 7) is 6.78. The molecule has 2 unspecified atom stereocenters. The van der Waals surface area contributed by atoms with Crippen LogP contribution < -0.4 is 14.8 Å². The number of amides is 1. The average Bonchev–Trinajstić information content (AvgIpc) is 2.53. The van der Waals surface area contributed by atoms with E-state index < -0.39 is 0 Å². The molecular formula is C19H29NO3. The van der Waals surface area contributed by atoms with Crippen LogP contribution in [-0.2, 0) is 0 Å². The van der Waals surface area contributed by atoms with E-state index in [0.29, 0.717) is 23.0 Å². The van der Waals surface area contributed by atoms with Crippen LogP contribution in [0, 0.1) is 11.3 Å². The number of methoxy groups -OCH3 is 2. The van der Waals surface area contributed by atoms with Crippen LogP contribution in [0.1, 0.15) is 56.8 Å². The molecule has 0 bridgehead atoms. The van der Waals surface area contributed by atoms with Crippen LogP contribution >= 0.6 is 0 Å². The second-order valence-electron chi connectivity index (χ2n) is 7.44. The maximum Gasteiger partial charge on any atom is 0.251 e. The largest absolute Gasteiger partial charge is 0.497 e. The molecule has 0 aliphatic heterocycles. The predicted molar refractivity (Wildman–Crippen MR) is 92.2 cm³/mol. The second kappa shape index (κ2) is 7.24. The molecular weight excluding hydrogens is 290 g/mol.